The molecular formula is C23H20N2O2. The molecule has 1 aliphatic rings. The molecule has 0 spiro atoms. The molecule has 27 heavy (non-hydrogen) atoms. The van der Waals surface area contributed by atoms with Gasteiger partial charge in [0.2, 0.25) is 0 Å². The van der Waals surface area contributed by atoms with E-state index in [1.54, 1.807) is 6.20 Å². The zero-order valence-electron chi connectivity index (χ0n) is 15.3. The molecular weight excluding hydrogens is 336 g/mol. The van der Waals surface area contributed by atoms with Crippen LogP contribution in [0, 0.1) is 13.8 Å². The maximum Gasteiger partial charge on any atom is 0.256 e. The van der Waals surface area contributed by atoms with Crippen LogP contribution in [0.2, 0.25) is 0 Å². The first-order valence-electron chi connectivity index (χ1n) is 8.88. The van der Waals surface area contributed by atoms with Crippen molar-refractivity contribution in [1.29, 1.82) is 0 Å². The molecule has 0 unspecified atom stereocenters. The minimum atomic E-state index is -0.0676. The minimum Gasteiger partial charge on any atom is -0.487 e. The van der Waals surface area contributed by atoms with Crippen LogP contribution in [0.25, 0.3) is 11.6 Å². The Bertz CT molecular complexity index is 1020. The number of anilines is 1. The topological polar surface area (TPSA) is 51.2 Å². The van der Waals surface area contributed by atoms with Gasteiger partial charge in [0.1, 0.15) is 12.4 Å². The summed E-state index contributed by atoms with van der Waals surface area (Å²) < 4.78 is 5.99. The van der Waals surface area contributed by atoms with Crippen LogP contribution in [0.5, 0.6) is 5.75 Å². The lowest BCUT2D eigenvalue weighted by Crippen LogP contribution is -2.04. The molecule has 4 nitrogen and oxygen atoms in total. The first-order valence-corrected chi connectivity index (χ1v) is 8.88. The van der Waals surface area contributed by atoms with E-state index in [4.69, 9.17) is 4.74 Å². The molecule has 2 heterocycles. The number of benzene rings is 2. The molecule has 0 saturated carbocycles. The predicted molar refractivity (Wildman–Crippen MR) is 107 cm³/mol. The molecule has 0 radical (unpaired) electrons. The number of hydrogen-bond acceptors (Lipinski definition) is 3. The van der Waals surface area contributed by atoms with E-state index in [1.165, 1.54) is 0 Å². The highest BCUT2D eigenvalue weighted by molar-refractivity contribution is 6.34. The molecule has 134 valence electrons. The van der Waals surface area contributed by atoms with Crippen molar-refractivity contribution in [2.45, 2.75) is 20.5 Å². The number of ether oxygens (including phenoxy) is 1. The Morgan fingerprint density at radius 2 is 1.78 bits per heavy atom. The molecule has 1 aromatic heterocycles. The van der Waals surface area contributed by atoms with Gasteiger partial charge in [-0.25, -0.2) is 0 Å². The SMILES string of the molecule is Cc1cc(/C=C2/C(=O)Nc3ccccc32)cc(C)c1OCc1ccccn1. The van der Waals surface area contributed by atoms with Crippen molar-refractivity contribution in [2.75, 3.05) is 5.32 Å². The molecule has 2 aromatic carbocycles. The van der Waals surface area contributed by atoms with E-state index in [2.05, 4.69) is 10.3 Å². The Kier molecular flexibility index (Phi) is 4.47. The molecule has 0 saturated heterocycles. The molecule has 1 amide bonds. The first-order chi connectivity index (χ1) is 13.1. The Morgan fingerprint density at radius 3 is 2.52 bits per heavy atom. The van der Waals surface area contributed by atoms with Gasteiger partial charge in [0, 0.05) is 23.0 Å². The second kappa shape index (κ2) is 7.08. The number of aryl methyl sites for hydroxylation is 2. The Morgan fingerprint density at radius 1 is 1.04 bits per heavy atom. The van der Waals surface area contributed by atoms with E-state index in [0.717, 1.165) is 39.4 Å². The molecule has 0 atom stereocenters. The molecule has 0 bridgehead atoms. The van der Waals surface area contributed by atoms with Crippen molar-refractivity contribution in [3.05, 3.63) is 88.7 Å². The fourth-order valence-electron chi connectivity index (χ4n) is 3.37. The lowest BCUT2D eigenvalue weighted by molar-refractivity contribution is -0.110. The second-order valence-corrected chi connectivity index (χ2v) is 6.65. The molecule has 4 heteroatoms. The van der Waals surface area contributed by atoms with Crippen molar-refractivity contribution < 1.29 is 9.53 Å². The number of amides is 1. The quantitative estimate of drug-likeness (QED) is 0.685. The van der Waals surface area contributed by atoms with Crippen LogP contribution in [-0.4, -0.2) is 10.9 Å². The standard InChI is InChI=1S/C23H20N2O2/c1-15-11-17(13-20-19-8-3-4-9-21(19)25-23(20)26)12-16(2)22(15)27-14-18-7-5-6-10-24-18/h3-13H,14H2,1-2H3,(H,25,26)/b20-13+. The van der Waals surface area contributed by atoms with Gasteiger partial charge >= 0.3 is 0 Å². The normalized spacial score (nSPS) is 14.1. The van der Waals surface area contributed by atoms with Gasteiger partial charge < -0.3 is 10.1 Å². The van der Waals surface area contributed by atoms with Crippen molar-refractivity contribution in [2.24, 2.45) is 0 Å². The lowest BCUT2D eigenvalue weighted by atomic mass is 10.0. The van der Waals surface area contributed by atoms with E-state index in [9.17, 15) is 4.79 Å². The van der Waals surface area contributed by atoms with Crippen LogP contribution < -0.4 is 10.1 Å². The van der Waals surface area contributed by atoms with Crippen molar-refractivity contribution in [1.82, 2.24) is 4.98 Å². The summed E-state index contributed by atoms with van der Waals surface area (Å²) >= 11 is 0. The summed E-state index contributed by atoms with van der Waals surface area (Å²) in [6.07, 6.45) is 3.70. The molecule has 4 rings (SSSR count). The van der Waals surface area contributed by atoms with E-state index in [0.29, 0.717) is 12.2 Å². The summed E-state index contributed by atoms with van der Waals surface area (Å²) in [6.45, 7) is 4.47. The lowest BCUT2D eigenvalue weighted by Gasteiger charge is -2.13. The summed E-state index contributed by atoms with van der Waals surface area (Å²) in [4.78, 5) is 16.6. The van der Waals surface area contributed by atoms with Crippen LogP contribution in [0.4, 0.5) is 5.69 Å². The van der Waals surface area contributed by atoms with Crippen molar-refractivity contribution in [3.8, 4) is 5.75 Å². The molecule has 1 aliphatic heterocycles. The fraction of sp³-hybridized carbons (Fsp3) is 0.130. The smallest absolute Gasteiger partial charge is 0.256 e. The van der Waals surface area contributed by atoms with E-state index in [-0.39, 0.29) is 5.91 Å². The average molecular weight is 356 g/mol. The third-order valence-corrected chi connectivity index (χ3v) is 4.59. The number of fused-ring (bicyclic) bond motifs is 1. The highest BCUT2D eigenvalue weighted by atomic mass is 16.5. The monoisotopic (exact) mass is 356 g/mol. The zero-order valence-corrected chi connectivity index (χ0v) is 15.3. The van der Waals surface area contributed by atoms with Crippen LogP contribution in [0.3, 0.4) is 0 Å². The summed E-state index contributed by atoms with van der Waals surface area (Å²) in [5.74, 6) is 0.793. The van der Waals surface area contributed by atoms with Gasteiger partial charge in [-0.3, -0.25) is 9.78 Å². The van der Waals surface area contributed by atoms with Gasteiger partial charge in [-0.15, -0.1) is 0 Å². The number of nitrogens with zero attached hydrogens (tertiary/aromatic N) is 1. The zero-order chi connectivity index (χ0) is 18.8. The molecule has 0 aliphatic carbocycles. The van der Waals surface area contributed by atoms with Crippen LogP contribution in [-0.2, 0) is 11.4 Å². The highest BCUT2D eigenvalue weighted by Crippen LogP contribution is 2.34. The number of nitrogens with one attached hydrogen (secondary N) is 1. The van der Waals surface area contributed by atoms with Gasteiger partial charge in [-0.2, -0.15) is 0 Å². The largest absolute Gasteiger partial charge is 0.487 e. The number of carbonyl (C=O) groups is 1. The number of carbonyl (C=O) groups excluding carboxylic acids is 1. The summed E-state index contributed by atoms with van der Waals surface area (Å²) in [7, 11) is 0. The fourth-order valence-corrected chi connectivity index (χ4v) is 3.37. The van der Waals surface area contributed by atoms with Crippen LogP contribution >= 0.6 is 0 Å². The third kappa shape index (κ3) is 3.47. The maximum absolute atomic E-state index is 12.3. The second-order valence-electron chi connectivity index (χ2n) is 6.65. The summed E-state index contributed by atoms with van der Waals surface area (Å²) in [6, 6.07) is 17.6. The van der Waals surface area contributed by atoms with E-state index in [1.807, 2.05) is 74.5 Å². The predicted octanol–water partition coefficient (Wildman–Crippen LogP) is 4.77. The average Bonchev–Trinajstić information content (AvgIpc) is 2.97. The van der Waals surface area contributed by atoms with Gasteiger partial charge in [0.05, 0.1) is 5.69 Å². The summed E-state index contributed by atoms with van der Waals surface area (Å²) in [5, 5.41) is 2.91. The Hall–Kier alpha value is -3.40. The van der Waals surface area contributed by atoms with Crippen LogP contribution in [0.15, 0.2) is 60.8 Å². The number of hydrogen-bond donors (Lipinski definition) is 1. The number of aromatic nitrogens is 1. The maximum atomic E-state index is 12.3. The number of pyridine rings is 1. The number of para-hydroxylation sites is 1. The van der Waals surface area contributed by atoms with Crippen LogP contribution in [0.1, 0.15) is 27.9 Å². The molecule has 1 N–H and O–H groups in total. The molecule has 3 aromatic rings. The van der Waals surface area contributed by atoms with Crippen molar-refractivity contribution in [3.63, 3.8) is 0 Å². The van der Waals surface area contributed by atoms with Gasteiger partial charge in [0.15, 0.2) is 0 Å². The Labute approximate surface area is 158 Å². The minimum absolute atomic E-state index is 0.0676. The third-order valence-electron chi connectivity index (χ3n) is 4.59. The summed E-state index contributed by atoms with van der Waals surface area (Å²) in [5.41, 5.74) is 6.42. The highest BCUT2D eigenvalue weighted by Gasteiger charge is 2.23. The van der Waals surface area contributed by atoms with Gasteiger partial charge in [0.25, 0.3) is 5.91 Å². The van der Waals surface area contributed by atoms with Crippen molar-refractivity contribution >= 4 is 23.2 Å². The van der Waals surface area contributed by atoms with Gasteiger partial charge in [-0.1, -0.05) is 24.3 Å². The van der Waals surface area contributed by atoms with Gasteiger partial charge in [-0.05, 0) is 66.9 Å². The Balaban J connectivity index is 1.61. The van der Waals surface area contributed by atoms with E-state index < -0.39 is 0 Å². The number of rotatable bonds is 4. The molecule has 0 fully saturated rings. The first kappa shape index (κ1) is 17.0. The van der Waals surface area contributed by atoms with E-state index >= 15 is 0 Å².